The summed E-state index contributed by atoms with van der Waals surface area (Å²) in [6.07, 6.45) is 4.86. The average Bonchev–Trinajstić information content (AvgIpc) is 2.43. The molecule has 0 spiro atoms. The van der Waals surface area contributed by atoms with Crippen molar-refractivity contribution in [3.05, 3.63) is 29.8 Å². The van der Waals surface area contributed by atoms with Crippen LogP contribution >= 0.6 is 0 Å². The van der Waals surface area contributed by atoms with Gasteiger partial charge >= 0.3 is 0 Å². The van der Waals surface area contributed by atoms with Crippen LogP contribution in [0.2, 0.25) is 0 Å². The van der Waals surface area contributed by atoms with Gasteiger partial charge < -0.3 is 10.1 Å². The molecule has 1 atom stereocenters. The quantitative estimate of drug-likeness (QED) is 0.721. The first-order chi connectivity index (χ1) is 9.19. The summed E-state index contributed by atoms with van der Waals surface area (Å²) < 4.78 is 5.83. The zero-order valence-corrected chi connectivity index (χ0v) is 12.9. The van der Waals surface area contributed by atoms with E-state index in [4.69, 9.17) is 4.74 Å². The third-order valence-electron chi connectivity index (χ3n) is 3.91. The lowest BCUT2D eigenvalue weighted by Gasteiger charge is -2.21. The number of hydrogen-bond donors (Lipinski definition) is 1. The highest BCUT2D eigenvalue weighted by Crippen LogP contribution is 2.17. The smallest absolute Gasteiger partial charge is 0.119 e. The number of nitrogens with one attached hydrogen (secondary N) is 1. The van der Waals surface area contributed by atoms with E-state index in [1.54, 1.807) is 0 Å². The number of rotatable bonds is 9. The molecule has 1 aromatic rings. The lowest BCUT2D eigenvalue weighted by molar-refractivity contribution is 0.269. The minimum absolute atomic E-state index is 0.565. The fourth-order valence-electron chi connectivity index (χ4n) is 2.43. The van der Waals surface area contributed by atoms with Crippen LogP contribution in [0.3, 0.4) is 0 Å². The first-order valence-corrected chi connectivity index (χ1v) is 7.56. The van der Waals surface area contributed by atoms with E-state index in [0.29, 0.717) is 6.04 Å². The zero-order chi connectivity index (χ0) is 14.1. The molecule has 0 saturated carbocycles. The SMILES string of the molecule is CCC(CC)CC(CCOc1cccc(C)c1)NC. The summed E-state index contributed by atoms with van der Waals surface area (Å²) in [7, 11) is 2.06. The van der Waals surface area contributed by atoms with Crippen molar-refractivity contribution in [2.24, 2.45) is 5.92 Å². The molecule has 0 radical (unpaired) electrons. The van der Waals surface area contributed by atoms with E-state index >= 15 is 0 Å². The van der Waals surface area contributed by atoms with Gasteiger partial charge in [-0.15, -0.1) is 0 Å². The minimum Gasteiger partial charge on any atom is -0.494 e. The number of benzene rings is 1. The topological polar surface area (TPSA) is 21.3 Å². The van der Waals surface area contributed by atoms with Crippen molar-refractivity contribution in [2.45, 2.75) is 52.5 Å². The van der Waals surface area contributed by atoms with Gasteiger partial charge in [0.25, 0.3) is 0 Å². The third-order valence-corrected chi connectivity index (χ3v) is 3.91. The first-order valence-electron chi connectivity index (χ1n) is 7.56. The van der Waals surface area contributed by atoms with Crippen molar-refractivity contribution < 1.29 is 4.74 Å². The summed E-state index contributed by atoms with van der Waals surface area (Å²) in [5, 5.41) is 3.42. The van der Waals surface area contributed by atoms with Gasteiger partial charge in [-0.05, 0) is 50.4 Å². The van der Waals surface area contributed by atoms with Crippen molar-refractivity contribution >= 4 is 0 Å². The van der Waals surface area contributed by atoms with E-state index in [0.717, 1.165) is 24.7 Å². The van der Waals surface area contributed by atoms with Crippen molar-refractivity contribution in [3.8, 4) is 5.75 Å². The average molecular weight is 263 g/mol. The van der Waals surface area contributed by atoms with Crippen LogP contribution in [0.1, 0.15) is 45.1 Å². The summed E-state index contributed by atoms with van der Waals surface area (Å²) in [4.78, 5) is 0. The molecule has 0 heterocycles. The van der Waals surface area contributed by atoms with Gasteiger partial charge in [0.05, 0.1) is 6.61 Å². The van der Waals surface area contributed by atoms with Gasteiger partial charge in [-0.2, -0.15) is 0 Å². The Morgan fingerprint density at radius 1 is 1.21 bits per heavy atom. The monoisotopic (exact) mass is 263 g/mol. The van der Waals surface area contributed by atoms with Crippen molar-refractivity contribution in [2.75, 3.05) is 13.7 Å². The molecule has 0 fully saturated rings. The minimum atomic E-state index is 0.565. The van der Waals surface area contributed by atoms with Gasteiger partial charge in [-0.3, -0.25) is 0 Å². The molecule has 0 aliphatic carbocycles. The van der Waals surface area contributed by atoms with Crippen LogP contribution in [-0.2, 0) is 0 Å². The van der Waals surface area contributed by atoms with Gasteiger partial charge in [-0.25, -0.2) is 0 Å². The number of hydrogen-bond acceptors (Lipinski definition) is 2. The molecule has 1 N–H and O–H groups in total. The van der Waals surface area contributed by atoms with Crippen molar-refractivity contribution in [1.82, 2.24) is 5.32 Å². The van der Waals surface area contributed by atoms with Gasteiger partial charge in [0.2, 0.25) is 0 Å². The van der Waals surface area contributed by atoms with E-state index in [-0.39, 0.29) is 0 Å². The molecule has 108 valence electrons. The molecule has 0 aliphatic rings. The molecule has 2 heteroatoms. The lowest BCUT2D eigenvalue weighted by Crippen LogP contribution is -2.29. The highest BCUT2D eigenvalue weighted by molar-refractivity contribution is 5.27. The molecule has 19 heavy (non-hydrogen) atoms. The largest absolute Gasteiger partial charge is 0.494 e. The first kappa shape index (κ1) is 16.0. The summed E-state index contributed by atoms with van der Waals surface area (Å²) in [5.74, 6) is 1.81. The molecular formula is C17H29NO. The molecule has 1 aromatic carbocycles. The molecule has 0 aromatic heterocycles. The van der Waals surface area contributed by atoms with Crippen LogP contribution in [-0.4, -0.2) is 19.7 Å². The molecule has 0 amide bonds. The van der Waals surface area contributed by atoms with Crippen molar-refractivity contribution in [1.29, 1.82) is 0 Å². The number of ether oxygens (including phenoxy) is 1. The maximum Gasteiger partial charge on any atom is 0.119 e. The van der Waals surface area contributed by atoms with E-state index in [1.165, 1.54) is 24.8 Å². The van der Waals surface area contributed by atoms with Gasteiger partial charge in [0.15, 0.2) is 0 Å². The second-order valence-corrected chi connectivity index (χ2v) is 5.36. The second kappa shape index (κ2) is 8.98. The Morgan fingerprint density at radius 2 is 1.95 bits per heavy atom. The Labute approximate surface area is 118 Å². The van der Waals surface area contributed by atoms with E-state index in [1.807, 2.05) is 12.1 Å². The Kier molecular flexibility index (Phi) is 7.57. The standard InChI is InChI=1S/C17H29NO/c1-5-15(6-2)13-16(18-4)10-11-19-17-9-7-8-14(3)12-17/h7-9,12,15-16,18H,5-6,10-11,13H2,1-4H3. The fourth-order valence-corrected chi connectivity index (χ4v) is 2.43. The second-order valence-electron chi connectivity index (χ2n) is 5.36. The predicted molar refractivity (Wildman–Crippen MR) is 82.8 cm³/mol. The lowest BCUT2D eigenvalue weighted by atomic mass is 9.93. The molecule has 0 aliphatic heterocycles. The summed E-state index contributed by atoms with van der Waals surface area (Å²) >= 11 is 0. The summed E-state index contributed by atoms with van der Waals surface area (Å²) in [6.45, 7) is 7.44. The maximum absolute atomic E-state index is 5.83. The van der Waals surface area contributed by atoms with E-state index in [2.05, 4.69) is 45.3 Å². The van der Waals surface area contributed by atoms with Gasteiger partial charge in [0.1, 0.15) is 5.75 Å². The third kappa shape index (κ3) is 6.11. The predicted octanol–water partition coefficient (Wildman–Crippen LogP) is 4.18. The molecule has 1 rings (SSSR count). The van der Waals surface area contributed by atoms with Crippen LogP contribution in [0.4, 0.5) is 0 Å². The van der Waals surface area contributed by atoms with Crippen LogP contribution in [0, 0.1) is 12.8 Å². The van der Waals surface area contributed by atoms with Gasteiger partial charge in [0, 0.05) is 6.04 Å². The molecule has 1 unspecified atom stereocenters. The number of aryl methyl sites for hydroxylation is 1. The van der Waals surface area contributed by atoms with Crippen LogP contribution in [0.5, 0.6) is 5.75 Å². The zero-order valence-electron chi connectivity index (χ0n) is 12.9. The highest BCUT2D eigenvalue weighted by atomic mass is 16.5. The molecular weight excluding hydrogens is 234 g/mol. The van der Waals surface area contributed by atoms with Crippen LogP contribution in [0.25, 0.3) is 0 Å². The molecule has 2 nitrogen and oxygen atoms in total. The van der Waals surface area contributed by atoms with Crippen molar-refractivity contribution in [3.63, 3.8) is 0 Å². The summed E-state index contributed by atoms with van der Waals surface area (Å²) in [6, 6.07) is 8.83. The van der Waals surface area contributed by atoms with Crippen LogP contribution in [0.15, 0.2) is 24.3 Å². The Bertz CT molecular complexity index is 347. The van der Waals surface area contributed by atoms with Gasteiger partial charge in [-0.1, -0.05) is 38.8 Å². The fraction of sp³-hybridized carbons (Fsp3) is 0.647. The van der Waals surface area contributed by atoms with Crippen LogP contribution < -0.4 is 10.1 Å². The summed E-state index contributed by atoms with van der Waals surface area (Å²) in [5.41, 5.74) is 1.25. The maximum atomic E-state index is 5.83. The molecule has 0 bridgehead atoms. The highest BCUT2D eigenvalue weighted by Gasteiger charge is 2.12. The van der Waals surface area contributed by atoms with E-state index < -0.39 is 0 Å². The normalized spacial score (nSPS) is 12.7. The molecule has 0 saturated heterocycles. The Balaban J connectivity index is 2.33. The van der Waals surface area contributed by atoms with E-state index in [9.17, 15) is 0 Å². The Hall–Kier alpha value is -1.02. The Morgan fingerprint density at radius 3 is 2.53 bits per heavy atom.